The molecule has 1 aliphatic rings. The maximum atomic E-state index is 5.50. The van der Waals surface area contributed by atoms with E-state index in [4.69, 9.17) is 4.74 Å². The van der Waals surface area contributed by atoms with Crippen molar-refractivity contribution in [3.8, 4) is 0 Å². The zero-order chi connectivity index (χ0) is 12.0. The van der Waals surface area contributed by atoms with Crippen molar-refractivity contribution < 1.29 is 4.74 Å². The lowest BCUT2D eigenvalue weighted by Gasteiger charge is -2.35. The van der Waals surface area contributed by atoms with Crippen molar-refractivity contribution in [2.75, 3.05) is 26.3 Å². The molecule has 0 amide bonds. The molecular formula is C13H28N2O. The molecule has 0 radical (unpaired) electrons. The predicted octanol–water partition coefficient (Wildman–Crippen LogP) is 1.87. The van der Waals surface area contributed by atoms with Crippen LogP contribution in [0.2, 0.25) is 0 Å². The Kier molecular flexibility index (Phi) is 6.32. The summed E-state index contributed by atoms with van der Waals surface area (Å²) in [6.07, 6.45) is 2.43. The highest BCUT2D eigenvalue weighted by molar-refractivity contribution is 4.79. The number of morpholine rings is 1. The summed E-state index contributed by atoms with van der Waals surface area (Å²) in [6, 6.07) is 1.82. The van der Waals surface area contributed by atoms with E-state index in [0.717, 1.165) is 19.8 Å². The van der Waals surface area contributed by atoms with Crippen LogP contribution >= 0.6 is 0 Å². The fourth-order valence-corrected chi connectivity index (χ4v) is 2.56. The number of nitrogens with zero attached hydrogens (tertiary/aromatic N) is 1. The molecule has 1 fully saturated rings. The number of rotatable bonds is 6. The molecule has 16 heavy (non-hydrogen) atoms. The Bertz CT molecular complexity index is 179. The highest BCUT2D eigenvalue weighted by Crippen LogP contribution is 2.13. The van der Waals surface area contributed by atoms with Gasteiger partial charge in [-0.25, -0.2) is 0 Å². The average Bonchev–Trinajstić information content (AvgIpc) is 2.26. The maximum absolute atomic E-state index is 5.50. The molecule has 0 aliphatic carbocycles. The summed E-state index contributed by atoms with van der Waals surface area (Å²) in [5.41, 5.74) is 0. The number of hydrogen-bond acceptors (Lipinski definition) is 3. The van der Waals surface area contributed by atoms with Gasteiger partial charge in [0.05, 0.1) is 13.2 Å². The molecule has 1 rings (SSSR count). The van der Waals surface area contributed by atoms with E-state index in [1.807, 2.05) is 0 Å². The molecular weight excluding hydrogens is 200 g/mol. The van der Waals surface area contributed by atoms with Gasteiger partial charge in [-0.2, -0.15) is 0 Å². The van der Waals surface area contributed by atoms with Crippen LogP contribution in [0.25, 0.3) is 0 Å². The van der Waals surface area contributed by atoms with E-state index in [1.165, 1.54) is 19.4 Å². The zero-order valence-corrected chi connectivity index (χ0v) is 11.3. The summed E-state index contributed by atoms with van der Waals surface area (Å²) < 4.78 is 5.50. The van der Waals surface area contributed by atoms with E-state index in [2.05, 4.69) is 37.9 Å². The van der Waals surface area contributed by atoms with Gasteiger partial charge in [-0.15, -0.1) is 0 Å². The molecule has 1 N–H and O–H groups in total. The molecule has 2 atom stereocenters. The molecule has 1 aliphatic heterocycles. The van der Waals surface area contributed by atoms with Crippen LogP contribution in [0.3, 0.4) is 0 Å². The quantitative estimate of drug-likeness (QED) is 0.751. The third-order valence-corrected chi connectivity index (χ3v) is 3.34. The van der Waals surface area contributed by atoms with E-state index in [9.17, 15) is 0 Å². The minimum Gasteiger partial charge on any atom is -0.379 e. The molecule has 0 aromatic heterocycles. The monoisotopic (exact) mass is 228 g/mol. The first-order valence-corrected chi connectivity index (χ1v) is 6.72. The van der Waals surface area contributed by atoms with Gasteiger partial charge in [0, 0.05) is 24.7 Å². The van der Waals surface area contributed by atoms with Gasteiger partial charge in [0.2, 0.25) is 0 Å². The highest BCUT2D eigenvalue weighted by atomic mass is 16.5. The van der Waals surface area contributed by atoms with Gasteiger partial charge in [-0.3, -0.25) is 4.90 Å². The number of nitrogens with one attached hydrogen (secondary N) is 1. The molecule has 1 saturated heterocycles. The summed E-state index contributed by atoms with van der Waals surface area (Å²) in [6.45, 7) is 13.1. The second-order valence-corrected chi connectivity index (χ2v) is 5.14. The third kappa shape index (κ3) is 4.40. The molecule has 0 aromatic rings. The second-order valence-electron chi connectivity index (χ2n) is 5.14. The summed E-state index contributed by atoms with van der Waals surface area (Å²) in [5.74, 6) is 0. The molecule has 96 valence electrons. The van der Waals surface area contributed by atoms with Gasteiger partial charge in [-0.1, -0.05) is 6.92 Å². The Labute approximate surface area is 101 Å². The molecule has 2 unspecified atom stereocenters. The fourth-order valence-electron chi connectivity index (χ4n) is 2.56. The van der Waals surface area contributed by atoms with Crippen molar-refractivity contribution in [2.24, 2.45) is 0 Å². The minimum atomic E-state index is 0.543. The van der Waals surface area contributed by atoms with E-state index < -0.39 is 0 Å². The van der Waals surface area contributed by atoms with Crippen LogP contribution in [-0.2, 0) is 4.74 Å². The SMILES string of the molecule is CCCN(C(C)C)C(C)CC1COCCN1. The van der Waals surface area contributed by atoms with Gasteiger partial charge in [0.25, 0.3) is 0 Å². The van der Waals surface area contributed by atoms with Crippen molar-refractivity contribution in [3.05, 3.63) is 0 Å². The van der Waals surface area contributed by atoms with Crippen molar-refractivity contribution in [1.29, 1.82) is 0 Å². The number of ether oxygens (including phenoxy) is 1. The summed E-state index contributed by atoms with van der Waals surface area (Å²) >= 11 is 0. The van der Waals surface area contributed by atoms with Crippen LogP contribution in [0.15, 0.2) is 0 Å². The lowest BCUT2D eigenvalue weighted by molar-refractivity contribution is 0.0575. The van der Waals surface area contributed by atoms with E-state index in [0.29, 0.717) is 18.1 Å². The summed E-state index contributed by atoms with van der Waals surface area (Å²) in [7, 11) is 0. The van der Waals surface area contributed by atoms with Crippen LogP contribution in [0.1, 0.15) is 40.5 Å². The summed E-state index contributed by atoms with van der Waals surface area (Å²) in [5, 5.41) is 3.53. The first-order chi connectivity index (χ1) is 7.65. The van der Waals surface area contributed by atoms with Crippen molar-refractivity contribution in [2.45, 2.75) is 58.7 Å². The van der Waals surface area contributed by atoms with Gasteiger partial charge in [0.15, 0.2) is 0 Å². The van der Waals surface area contributed by atoms with Gasteiger partial charge in [-0.05, 0) is 40.2 Å². The lowest BCUT2D eigenvalue weighted by Crippen LogP contribution is -2.47. The standard InChI is InChI=1S/C13H28N2O/c1-5-7-15(11(2)3)12(4)9-13-10-16-8-6-14-13/h11-14H,5-10H2,1-4H3. The fraction of sp³-hybridized carbons (Fsp3) is 1.00. The van der Waals surface area contributed by atoms with Crippen molar-refractivity contribution in [1.82, 2.24) is 10.2 Å². The van der Waals surface area contributed by atoms with Gasteiger partial charge < -0.3 is 10.1 Å². The first kappa shape index (κ1) is 13.9. The Balaban J connectivity index is 2.37. The highest BCUT2D eigenvalue weighted by Gasteiger charge is 2.21. The molecule has 3 heteroatoms. The molecule has 0 spiro atoms. The van der Waals surface area contributed by atoms with Crippen LogP contribution in [-0.4, -0.2) is 49.3 Å². The smallest absolute Gasteiger partial charge is 0.0620 e. The van der Waals surface area contributed by atoms with E-state index >= 15 is 0 Å². The third-order valence-electron chi connectivity index (χ3n) is 3.34. The Morgan fingerprint density at radius 3 is 2.62 bits per heavy atom. The largest absolute Gasteiger partial charge is 0.379 e. The Hall–Kier alpha value is -0.120. The molecule has 1 heterocycles. The van der Waals surface area contributed by atoms with Gasteiger partial charge in [0.1, 0.15) is 0 Å². The zero-order valence-electron chi connectivity index (χ0n) is 11.3. The van der Waals surface area contributed by atoms with Crippen LogP contribution in [0.5, 0.6) is 0 Å². The van der Waals surface area contributed by atoms with E-state index in [1.54, 1.807) is 0 Å². The minimum absolute atomic E-state index is 0.543. The van der Waals surface area contributed by atoms with E-state index in [-0.39, 0.29) is 0 Å². The van der Waals surface area contributed by atoms with Crippen molar-refractivity contribution >= 4 is 0 Å². The molecule has 0 saturated carbocycles. The van der Waals surface area contributed by atoms with Crippen molar-refractivity contribution in [3.63, 3.8) is 0 Å². The van der Waals surface area contributed by atoms with Crippen LogP contribution < -0.4 is 5.32 Å². The molecule has 0 aromatic carbocycles. The Morgan fingerprint density at radius 2 is 2.12 bits per heavy atom. The average molecular weight is 228 g/mol. The topological polar surface area (TPSA) is 24.5 Å². The normalized spacial score (nSPS) is 24.0. The summed E-state index contributed by atoms with van der Waals surface area (Å²) in [4.78, 5) is 2.59. The maximum Gasteiger partial charge on any atom is 0.0620 e. The Morgan fingerprint density at radius 1 is 1.38 bits per heavy atom. The molecule has 0 bridgehead atoms. The predicted molar refractivity (Wildman–Crippen MR) is 68.8 cm³/mol. The second kappa shape index (κ2) is 7.25. The first-order valence-electron chi connectivity index (χ1n) is 6.72. The van der Waals surface area contributed by atoms with Crippen LogP contribution in [0.4, 0.5) is 0 Å². The van der Waals surface area contributed by atoms with Gasteiger partial charge >= 0.3 is 0 Å². The molecule has 3 nitrogen and oxygen atoms in total. The van der Waals surface area contributed by atoms with Crippen LogP contribution in [0, 0.1) is 0 Å². The lowest BCUT2D eigenvalue weighted by atomic mass is 10.1. The number of hydrogen-bond donors (Lipinski definition) is 1.